The monoisotopic (exact) mass is 204 g/mol. The lowest BCUT2D eigenvalue weighted by Gasteiger charge is -1.98. The van der Waals surface area contributed by atoms with Gasteiger partial charge in [-0.3, -0.25) is 0 Å². The van der Waals surface area contributed by atoms with Crippen LogP contribution in [-0.2, 0) is 0 Å². The molecule has 0 fully saturated rings. The smallest absolute Gasteiger partial charge is 0.141 e. The summed E-state index contributed by atoms with van der Waals surface area (Å²) in [6.07, 6.45) is 13.0. The second-order valence-corrected chi connectivity index (χ2v) is 3.47. The molecule has 0 aromatic rings. The predicted molar refractivity (Wildman–Crippen MR) is 65.1 cm³/mol. The van der Waals surface area contributed by atoms with Crippen LogP contribution in [-0.4, -0.2) is 15.3 Å². The zero-order valence-electron chi connectivity index (χ0n) is 9.81. The van der Waals surface area contributed by atoms with Gasteiger partial charge in [-0.05, 0) is 0 Å². The SMILES string of the molecule is CCCCCCCCCCC.O[SiH3]. The van der Waals surface area contributed by atoms with Crippen molar-refractivity contribution in [2.75, 3.05) is 0 Å². The molecule has 2 heteroatoms. The minimum atomic E-state index is 0.306. The van der Waals surface area contributed by atoms with E-state index < -0.39 is 0 Å². The quantitative estimate of drug-likeness (QED) is 0.476. The van der Waals surface area contributed by atoms with Gasteiger partial charge in [0.2, 0.25) is 0 Å². The van der Waals surface area contributed by atoms with Crippen LogP contribution >= 0.6 is 0 Å². The molecule has 82 valence electrons. The fraction of sp³-hybridized carbons (Fsp3) is 1.00. The van der Waals surface area contributed by atoms with Gasteiger partial charge in [0.15, 0.2) is 0 Å². The van der Waals surface area contributed by atoms with Gasteiger partial charge in [-0.2, -0.15) is 0 Å². The molecule has 0 saturated carbocycles. The van der Waals surface area contributed by atoms with E-state index in [-0.39, 0.29) is 0 Å². The number of hydrogen-bond acceptors (Lipinski definition) is 1. The molecular formula is C11H28OSi. The molecule has 0 aromatic carbocycles. The van der Waals surface area contributed by atoms with Gasteiger partial charge in [0.25, 0.3) is 0 Å². The van der Waals surface area contributed by atoms with E-state index in [0.717, 1.165) is 0 Å². The Morgan fingerprint density at radius 1 is 0.615 bits per heavy atom. The summed E-state index contributed by atoms with van der Waals surface area (Å²) >= 11 is 0. The van der Waals surface area contributed by atoms with Gasteiger partial charge in [0.1, 0.15) is 10.5 Å². The Labute approximate surface area is 87.5 Å². The van der Waals surface area contributed by atoms with Crippen molar-refractivity contribution < 1.29 is 4.80 Å². The van der Waals surface area contributed by atoms with Crippen LogP contribution in [0.25, 0.3) is 0 Å². The number of unbranched alkanes of at least 4 members (excludes halogenated alkanes) is 8. The maximum Gasteiger partial charge on any atom is 0.141 e. The summed E-state index contributed by atoms with van der Waals surface area (Å²) in [6, 6.07) is 0. The van der Waals surface area contributed by atoms with E-state index in [4.69, 9.17) is 4.80 Å². The lowest BCUT2D eigenvalue weighted by Crippen LogP contribution is -1.79. The Morgan fingerprint density at radius 3 is 1.08 bits per heavy atom. The van der Waals surface area contributed by atoms with E-state index in [2.05, 4.69) is 13.8 Å². The van der Waals surface area contributed by atoms with Crippen molar-refractivity contribution in [2.45, 2.75) is 71.6 Å². The third-order valence-electron chi connectivity index (χ3n) is 2.21. The molecule has 0 atom stereocenters. The molecule has 13 heavy (non-hydrogen) atoms. The summed E-state index contributed by atoms with van der Waals surface area (Å²) in [5.74, 6) is 0. The van der Waals surface area contributed by atoms with E-state index in [1.54, 1.807) is 0 Å². The standard InChI is InChI=1S/C11H24.H4OSi/c1-3-5-7-9-11-10-8-6-4-2;1-2/h3-11H2,1-2H3;1H,2H3. The molecule has 0 aliphatic heterocycles. The second-order valence-electron chi connectivity index (χ2n) is 3.47. The van der Waals surface area contributed by atoms with Crippen molar-refractivity contribution in [2.24, 2.45) is 0 Å². The van der Waals surface area contributed by atoms with Gasteiger partial charge in [-0.1, -0.05) is 71.6 Å². The van der Waals surface area contributed by atoms with Crippen LogP contribution in [0.3, 0.4) is 0 Å². The zero-order chi connectivity index (χ0) is 10.4. The van der Waals surface area contributed by atoms with Gasteiger partial charge >= 0.3 is 0 Å². The summed E-state index contributed by atoms with van der Waals surface area (Å²) < 4.78 is 0. The summed E-state index contributed by atoms with van der Waals surface area (Å²) in [5.41, 5.74) is 0. The van der Waals surface area contributed by atoms with E-state index >= 15 is 0 Å². The summed E-state index contributed by atoms with van der Waals surface area (Å²) in [5, 5.41) is 0. The Kier molecular flexibility index (Phi) is 21.7. The largest absolute Gasteiger partial charge is 0.442 e. The van der Waals surface area contributed by atoms with Crippen molar-refractivity contribution in [1.29, 1.82) is 0 Å². The minimum absolute atomic E-state index is 0.306. The molecule has 0 amide bonds. The van der Waals surface area contributed by atoms with Gasteiger partial charge in [0.05, 0.1) is 0 Å². The van der Waals surface area contributed by atoms with Crippen LogP contribution in [0.4, 0.5) is 0 Å². The highest BCUT2D eigenvalue weighted by atomic mass is 28.2. The first kappa shape index (κ1) is 15.6. The van der Waals surface area contributed by atoms with E-state index in [9.17, 15) is 0 Å². The normalized spacial score (nSPS) is 9.46. The van der Waals surface area contributed by atoms with Gasteiger partial charge in [-0.15, -0.1) is 0 Å². The molecular weight excluding hydrogens is 176 g/mol. The molecule has 1 nitrogen and oxygen atoms in total. The summed E-state index contributed by atoms with van der Waals surface area (Å²) in [4.78, 5) is 7.14. The Bertz CT molecular complexity index is 59.1. The Hall–Kier alpha value is 0.177. The molecule has 0 radical (unpaired) electrons. The van der Waals surface area contributed by atoms with E-state index in [1.807, 2.05) is 0 Å². The first-order chi connectivity index (χ1) is 6.41. The lowest BCUT2D eigenvalue weighted by molar-refractivity contribution is 0.572. The van der Waals surface area contributed by atoms with E-state index in [1.165, 1.54) is 57.8 Å². The average Bonchev–Trinajstić information content (AvgIpc) is 2.20. The van der Waals surface area contributed by atoms with Crippen LogP contribution in [0.1, 0.15) is 71.6 Å². The van der Waals surface area contributed by atoms with Crippen LogP contribution in [0.15, 0.2) is 0 Å². The number of rotatable bonds is 8. The van der Waals surface area contributed by atoms with Gasteiger partial charge in [0, 0.05) is 0 Å². The minimum Gasteiger partial charge on any atom is -0.442 e. The van der Waals surface area contributed by atoms with Gasteiger partial charge in [-0.25, -0.2) is 0 Å². The molecule has 1 N–H and O–H groups in total. The van der Waals surface area contributed by atoms with Gasteiger partial charge < -0.3 is 4.80 Å². The summed E-state index contributed by atoms with van der Waals surface area (Å²) in [6.45, 7) is 4.55. The summed E-state index contributed by atoms with van der Waals surface area (Å²) in [7, 11) is 0.306. The van der Waals surface area contributed by atoms with Crippen LogP contribution in [0.5, 0.6) is 0 Å². The van der Waals surface area contributed by atoms with Crippen molar-refractivity contribution in [3.05, 3.63) is 0 Å². The first-order valence-electron chi connectivity index (χ1n) is 5.86. The maximum atomic E-state index is 7.14. The van der Waals surface area contributed by atoms with Crippen molar-refractivity contribution in [3.8, 4) is 0 Å². The first-order valence-corrected chi connectivity index (χ1v) is 6.76. The molecule has 0 aromatic heterocycles. The molecule has 0 heterocycles. The van der Waals surface area contributed by atoms with Crippen LogP contribution in [0.2, 0.25) is 0 Å². The molecule has 0 aliphatic rings. The number of hydrogen-bond donors (Lipinski definition) is 1. The fourth-order valence-corrected chi connectivity index (χ4v) is 1.38. The lowest BCUT2D eigenvalue weighted by atomic mass is 10.1. The van der Waals surface area contributed by atoms with E-state index in [0.29, 0.717) is 10.5 Å². The van der Waals surface area contributed by atoms with Crippen molar-refractivity contribution in [1.82, 2.24) is 0 Å². The highest BCUT2D eigenvalue weighted by Crippen LogP contribution is 2.08. The molecule has 0 rings (SSSR count). The second kappa shape index (κ2) is 18.1. The fourth-order valence-electron chi connectivity index (χ4n) is 1.38. The molecule has 0 aliphatic carbocycles. The third-order valence-corrected chi connectivity index (χ3v) is 2.21. The molecule has 0 spiro atoms. The van der Waals surface area contributed by atoms with Crippen LogP contribution in [0, 0.1) is 0 Å². The Balaban J connectivity index is 0. The topological polar surface area (TPSA) is 20.2 Å². The third kappa shape index (κ3) is 18.9. The Morgan fingerprint density at radius 2 is 0.846 bits per heavy atom. The predicted octanol–water partition coefficient (Wildman–Crippen LogP) is 2.80. The molecule has 0 bridgehead atoms. The highest BCUT2D eigenvalue weighted by molar-refractivity contribution is 5.95. The highest BCUT2D eigenvalue weighted by Gasteiger charge is 1.88. The van der Waals surface area contributed by atoms with Crippen molar-refractivity contribution >= 4 is 10.5 Å². The average molecular weight is 204 g/mol. The maximum absolute atomic E-state index is 7.14. The zero-order valence-corrected chi connectivity index (χ0v) is 11.8. The van der Waals surface area contributed by atoms with Crippen LogP contribution < -0.4 is 0 Å². The molecule has 0 saturated heterocycles. The molecule has 0 unspecified atom stereocenters. The van der Waals surface area contributed by atoms with Crippen molar-refractivity contribution in [3.63, 3.8) is 0 Å².